The van der Waals surface area contributed by atoms with Gasteiger partial charge in [-0.1, -0.05) is 0 Å². The van der Waals surface area contributed by atoms with Crippen molar-refractivity contribution in [2.24, 2.45) is 0 Å². The van der Waals surface area contributed by atoms with Crippen molar-refractivity contribution in [2.75, 3.05) is 6.61 Å². The van der Waals surface area contributed by atoms with Gasteiger partial charge in [0.15, 0.2) is 28.8 Å². The number of halogens is 2. The maximum absolute atomic E-state index is 12.7. The highest BCUT2D eigenvalue weighted by molar-refractivity contribution is 6.00. The van der Waals surface area contributed by atoms with Gasteiger partial charge in [-0.3, -0.25) is 4.79 Å². The van der Waals surface area contributed by atoms with E-state index in [9.17, 15) is 23.8 Å². The lowest BCUT2D eigenvalue weighted by Gasteiger charge is -2.15. The molecule has 0 radical (unpaired) electrons. The second-order valence-electron chi connectivity index (χ2n) is 7.52. The summed E-state index contributed by atoms with van der Waals surface area (Å²) in [7, 11) is 0. The predicted octanol–water partition coefficient (Wildman–Crippen LogP) is 5.36. The summed E-state index contributed by atoms with van der Waals surface area (Å²) in [4.78, 5) is 17.1. The van der Waals surface area contributed by atoms with E-state index in [-0.39, 0.29) is 65.8 Å². The van der Waals surface area contributed by atoms with E-state index in [1.807, 2.05) is 0 Å². The molecule has 1 aromatic heterocycles. The molecule has 34 heavy (non-hydrogen) atoms. The van der Waals surface area contributed by atoms with Crippen molar-refractivity contribution in [1.29, 1.82) is 0 Å². The Morgan fingerprint density at radius 3 is 2.56 bits per heavy atom. The van der Waals surface area contributed by atoms with Gasteiger partial charge in [-0.15, -0.1) is 0 Å². The Balaban J connectivity index is 1.75. The maximum atomic E-state index is 12.7. The lowest BCUT2D eigenvalue weighted by atomic mass is 10.0. The minimum absolute atomic E-state index is 0.0408. The van der Waals surface area contributed by atoms with Crippen LogP contribution in [0, 0.1) is 0 Å². The van der Waals surface area contributed by atoms with Crippen LogP contribution >= 0.6 is 0 Å². The Labute approximate surface area is 194 Å². The van der Waals surface area contributed by atoms with Crippen LogP contribution in [0.5, 0.6) is 28.7 Å². The fourth-order valence-electron chi connectivity index (χ4n) is 3.18. The zero-order chi connectivity index (χ0) is 24.8. The number of nitrogens with zero attached hydrogens (tertiary/aromatic N) is 1. The molecule has 10 heteroatoms. The number of Topliss-reactive ketones (excluding diaryl/α,β-unsaturated/α-hetero) is 1. The summed E-state index contributed by atoms with van der Waals surface area (Å²) >= 11 is 0. The van der Waals surface area contributed by atoms with Gasteiger partial charge >= 0.3 is 6.61 Å². The number of aromatic nitrogens is 1. The highest BCUT2D eigenvalue weighted by atomic mass is 19.3. The van der Waals surface area contributed by atoms with Crippen LogP contribution in [0.15, 0.2) is 41.0 Å². The molecule has 0 amide bonds. The third kappa shape index (κ3) is 5.94. The van der Waals surface area contributed by atoms with Crippen LogP contribution < -0.4 is 14.2 Å². The summed E-state index contributed by atoms with van der Waals surface area (Å²) in [5.74, 6) is -1.02. The average molecular weight is 477 g/mol. The molecule has 182 valence electrons. The van der Waals surface area contributed by atoms with E-state index in [0.29, 0.717) is 11.3 Å². The molecule has 1 heterocycles. The molecule has 0 bridgehead atoms. The number of benzene rings is 2. The second kappa shape index (κ2) is 10.9. The minimum Gasteiger partial charge on any atom is -0.504 e. The quantitative estimate of drug-likeness (QED) is 0.281. The number of oxazole rings is 1. The van der Waals surface area contributed by atoms with E-state index < -0.39 is 12.4 Å². The molecule has 0 aliphatic rings. The smallest absolute Gasteiger partial charge is 0.387 e. The van der Waals surface area contributed by atoms with Crippen LogP contribution in [0.4, 0.5) is 8.78 Å². The van der Waals surface area contributed by atoms with Gasteiger partial charge in [-0.05, 0) is 51.1 Å². The topological polar surface area (TPSA) is 111 Å². The van der Waals surface area contributed by atoms with Gasteiger partial charge in [-0.2, -0.15) is 8.78 Å². The largest absolute Gasteiger partial charge is 0.504 e. The molecule has 0 spiro atoms. The Kier molecular flexibility index (Phi) is 7.93. The monoisotopic (exact) mass is 477 g/mol. The number of carbonyl (C=O) groups is 1. The predicted molar refractivity (Wildman–Crippen MR) is 118 cm³/mol. The van der Waals surface area contributed by atoms with Gasteiger partial charge in [-0.25, -0.2) is 4.98 Å². The first-order valence-electron chi connectivity index (χ1n) is 10.6. The molecule has 0 saturated heterocycles. The SMILES string of the molecule is CCOc1c(C(=O)CCc2coc(-c3ccc(OC(F)F)c(OC(C)C)c3)n2)ccc(O)c1O. The van der Waals surface area contributed by atoms with Crippen LogP contribution in [-0.4, -0.2) is 40.3 Å². The summed E-state index contributed by atoms with van der Waals surface area (Å²) in [6, 6.07) is 6.96. The van der Waals surface area contributed by atoms with Crippen molar-refractivity contribution in [3.63, 3.8) is 0 Å². The van der Waals surface area contributed by atoms with E-state index in [4.69, 9.17) is 13.9 Å². The lowest BCUT2D eigenvalue weighted by molar-refractivity contribution is -0.0518. The maximum Gasteiger partial charge on any atom is 0.387 e. The van der Waals surface area contributed by atoms with Crippen LogP contribution in [0.3, 0.4) is 0 Å². The Hall–Kier alpha value is -3.82. The number of phenolic OH excluding ortho intramolecular Hbond substituents is 2. The molecule has 3 rings (SSSR count). The number of aryl methyl sites for hydroxylation is 1. The number of phenols is 2. The fourth-order valence-corrected chi connectivity index (χ4v) is 3.18. The molecule has 8 nitrogen and oxygen atoms in total. The normalized spacial score (nSPS) is 11.1. The molecule has 0 atom stereocenters. The van der Waals surface area contributed by atoms with Crippen molar-refractivity contribution >= 4 is 5.78 Å². The molecular formula is C24H25F2NO7. The molecule has 0 aliphatic heterocycles. The molecular weight excluding hydrogens is 452 g/mol. The van der Waals surface area contributed by atoms with E-state index in [2.05, 4.69) is 9.72 Å². The van der Waals surface area contributed by atoms with Crippen LogP contribution in [0.25, 0.3) is 11.5 Å². The number of hydrogen-bond donors (Lipinski definition) is 2. The summed E-state index contributed by atoms with van der Waals surface area (Å²) in [6.07, 6.45) is 1.39. The standard InChI is InChI=1S/C24H25F2NO7/c1-4-31-22-16(7-9-18(29)21(22)30)17(28)8-6-15-12-32-23(27-15)14-5-10-19(34-24(25)26)20(11-14)33-13(2)3/h5,7,9-13,24,29-30H,4,6,8H2,1-3H3. The summed E-state index contributed by atoms with van der Waals surface area (Å²) < 4.78 is 46.2. The first-order chi connectivity index (χ1) is 16.2. The van der Waals surface area contributed by atoms with E-state index in [1.165, 1.54) is 36.6 Å². The van der Waals surface area contributed by atoms with Gasteiger partial charge in [0.1, 0.15) is 6.26 Å². The summed E-state index contributed by atoms with van der Waals surface area (Å²) in [5, 5.41) is 19.7. The zero-order valence-electron chi connectivity index (χ0n) is 18.9. The highest BCUT2D eigenvalue weighted by Gasteiger charge is 2.20. The first-order valence-corrected chi connectivity index (χ1v) is 10.6. The van der Waals surface area contributed by atoms with E-state index in [1.54, 1.807) is 20.8 Å². The van der Waals surface area contributed by atoms with Crippen LogP contribution in [-0.2, 0) is 6.42 Å². The molecule has 0 fully saturated rings. The molecule has 0 unspecified atom stereocenters. The van der Waals surface area contributed by atoms with Gasteiger partial charge in [0.25, 0.3) is 0 Å². The summed E-state index contributed by atoms with van der Waals surface area (Å²) in [6.45, 7) is 2.41. The lowest BCUT2D eigenvalue weighted by Crippen LogP contribution is -2.09. The zero-order valence-corrected chi connectivity index (χ0v) is 18.9. The average Bonchev–Trinajstić information content (AvgIpc) is 3.25. The number of hydrogen-bond acceptors (Lipinski definition) is 8. The van der Waals surface area contributed by atoms with Crippen LogP contribution in [0.2, 0.25) is 0 Å². The number of rotatable bonds is 11. The van der Waals surface area contributed by atoms with Gasteiger partial charge < -0.3 is 28.8 Å². The van der Waals surface area contributed by atoms with Gasteiger partial charge in [0, 0.05) is 18.4 Å². The Morgan fingerprint density at radius 2 is 1.88 bits per heavy atom. The van der Waals surface area contributed by atoms with Crippen LogP contribution in [0.1, 0.15) is 43.2 Å². The van der Waals surface area contributed by atoms with E-state index in [0.717, 1.165) is 0 Å². The minimum atomic E-state index is -3.00. The molecule has 2 aromatic carbocycles. The fraction of sp³-hybridized carbons (Fsp3) is 0.333. The van der Waals surface area contributed by atoms with Crippen molar-refractivity contribution in [1.82, 2.24) is 4.98 Å². The third-order valence-corrected chi connectivity index (χ3v) is 4.63. The molecule has 0 saturated carbocycles. The van der Waals surface area contributed by atoms with Gasteiger partial charge in [0.05, 0.1) is 24.0 Å². The van der Waals surface area contributed by atoms with Crippen molar-refractivity contribution in [3.8, 4) is 40.2 Å². The van der Waals surface area contributed by atoms with Crippen molar-refractivity contribution < 1.29 is 42.4 Å². The number of carbonyl (C=O) groups excluding carboxylic acids is 1. The molecule has 3 aromatic rings. The third-order valence-electron chi connectivity index (χ3n) is 4.63. The van der Waals surface area contributed by atoms with E-state index >= 15 is 0 Å². The van der Waals surface area contributed by atoms with Crippen molar-refractivity contribution in [3.05, 3.63) is 47.9 Å². The van der Waals surface area contributed by atoms with Crippen molar-refractivity contribution in [2.45, 2.75) is 46.3 Å². The number of alkyl halides is 2. The first kappa shape index (κ1) is 24.8. The molecule has 0 aliphatic carbocycles. The number of ether oxygens (including phenoxy) is 3. The second-order valence-corrected chi connectivity index (χ2v) is 7.52. The Bertz CT molecular complexity index is 1140. The number of ketones is 1. The number of aromatic hydroxyl groups is 2. The van der Waals surface area contributed by atoms with Gasteiger partial charge in [0.2, 0.25) is 11.6 Å². The highest BCUT2D eigenvalue weighted by Crippen LogP contribution is 2.39. The Morgan fingerprint density at radius 1 is 1.12 bits per heavy atom. The molecule has 2 N–H and O–H groups in total. The summed E-state index contributed by atoms with van der Waals surface area (Å²) in [5.41, 5.74) is 1.12.